The molecule has 1 aliphatic heterocycles. The Bertz CT molecular complexity index is 775. The maximum atomic E-state index is 12.3. The zero-order valence-electron chi connectivity index (χ0n) is 14.3. The van der Waals surface area contributed by atoms with E-state index in [1.165, 1.54) is 4.90 Å². The fraction of sp³-hybridized carbons (Fsp3) is 0.222. The monoisotopic (exact) mass is 465 g/mol. The van der Waals surface area contributed by atoms with Crippen LogP contribution in [0.15, 0.2) is 53.7 Å². The molecule has 0 atom stereocenters. The highest BCUT2D eigenvalue weighted by atomic mass is 127. The second kappa shape index (κ2) is 9.27. The lowest BCUT2D eigenvalue weighted by Gasteiger charge is -2.16. The van der Waals surface area contributed by atoms with E-state index in [2.05, 4.69) is 20.6 Å². The van der Waals surface area contributed by atoms with E-state index in [0.29, 0.717) is 30.2 Å². The van der Waals surface area contributed by atoms with E-state index in [1.54, 1.807) is 37.5 Å². The van der Waals surface area contributed by atoms with Gasteiger partial charge in [0.15, 0.2) is 5.96 Å². The third-order valence-corrected chi connectivity index (χ3v) is 3.89. The first-order valence-corrected chi connectivity index (χ1v) is 8.00. The van der Waals surface area contributed by atoms with Crippen molar-refractivity contribution in [2.75, 3.05) is 20.1 Å². The van der Waals surface area contributed by atoms with E-state index in [1.807, 2.05) is 18.2 Å². The molecule has 0 spiro atoms. The summed E-state index contributed by atoms with van der Waals surface area (Å²) >= 11 is 0. The second-order valence-electron chi connectivity index (χ2n) is 5.48. The number of aliphatic imine (C=N–C) groups is 1. The van der Waals surface area contributed by atoms with Gasteiger partial charge >= 0.3 is 0 Å². The molecule has 1 aliphatic rings. The summed E-state index contributed by atoms with van der Waals surface area (Å²) < 4.78 is 0. The number of nitrogens with one attached hydrogen (secondary N) is 2. The fourth-order valence-electron chi connectivity index (χ4n) is 2.63. The maximum absolute atomic E-state index is 12.3. The minimum Gasteiger partial charge on any atom is -0.355 e. The molecule has 0 fully saturated rings. The maximum Gasteiger partial charge on any atom is 0.261 e. The first kappa shape index (κ1) is 19.8. The smallest absolute Gasteiger partial charge is 0.261 e. The molecule has 1 aromatic carbocycles. The predicted molar refractivity (Wildman–Crippen MR) is 110 cm³/mol. The highest BCUT2D eigenvalue weighted by Crippen LogP contribution is 2.21. The Kier molecular flexibility index (Phi) is 7.07. The first-order chi connectivity index (χ1) is 12.2. The molecule has 0 aliphatic carbocycles. The number of rotatable bonds is 5. The van der Waals surface area contributed by atoms with Crippen LogP contribution in [0, 0.1) is 0 Å². The van der Waals surface area contributed by atoms with Crippen molar-refractivity contribution in [3.8, 4) is 0 Å². The molecule has 8 heteroatoms. The average Bonchev–Trinajstić information content (AvgIpc) is 2.90. The molecule has 3 rings (SSSR count). The molecule has 1 aromatic heterocycles. The SMILES string of the molecule is CN=C(NCCN1C(=O)c2ccccc2C1=O)NCc1ccccn1.I. The van der Waals surface area contributed by atoms with Gasteiger partial charge < -0.3 is 10.6 Å². The summed E-state index contributed by atoms with van der Waals surface area (Å²) in [4.78, 5) is 34.2. The number of guanidine groups is 1. The van der Waals surface area contributed by atoms with Crippen molar-refractivity contribution in [1.82, 2.24) is 20.5 Å². The number of benzene rings is 1. The van der Waals surface area contributed by atoms with Crippen LogP contribution in [0.4, 0.5) is 0 Å². The van der Waals surface area contributed by atoms with Crippen molar-refractivity contribution in [3.05, 3.63) is 65.5 Å². The van der Waals surface area contributed by atoms with Crippen LogP contribution >= 0.6 is 24.0 Å². The summed E-state index contributed by atoms with van der Waals surface area (Å²) in [6.07, 6.45) is 1.73. The number of hydrogen-bond donors (Lipinski definition) is 2. The lowest BCUT2D eigenvalue weighted by Crippen LogP contribution is -2.42. The van der Waals surface area contributed by atoms with Gasteiger partial charge in [-0.2, -0.15) is 0 Å². The molecule has 0 saturated carbocycles. The highest BCUT2D eigenvalue weighted by molar-refractivity contribution is 14.0. The normalized spacial score (nSPS) is 13.3. The van der Waals surface area contributed by atoms with Crippen molar-refractivity contribution in [1.29, 1.82) is 0 Å². The second-order valence-corrected chi connectivity index (χ2v) is 5.48. The van der Waals surface area contributed by atoms with Crippen LogP contribution in [-0.2, 0) is 6.54 Å². The summed E-state index contributed by atoms with van der Waals surface area (Å²) in [6.45, 7) is 1.22. The van der Waals surface area contributed by atoms with Gasteiger partial charge in [0.25, 0.3) is 11.8 Å². The standard InChI is InChI=1S/C18H19N5O2.HI/c1-19-18(22-12-13-6-4-5-9-20-13)21-10-11-23-16(24)14-7-2-3-8-15(14)17(23)25;/h2-9H,10-12H2,1H3,(H2,19,21,22);1H. The minimum atomic E-state index is -0.251. The molecule has 2 N–H and O–H groups in total. The molecule has 0 bridgehead atoms. The van der Waals surface area contributed by atoms with Crippen LogP contribution in [0.5, 0.6) is 0 Å². The Morgan fingerprint density at radius 1 is 1.04 bits per heavy atom. The number of nitrogens with zero attached hydrogens (tertiary/aromatic N) is 3. The number of imide groups is 1. The van der Waals surface area contributed by atoms with Gasteiger partial charge in [-0.05, 0) is 24.3 Å². The van der Waals surface area contributed by atoms with Crippen LogP contribution in [-0.4, -0.2) is 47.8 Å². The predicted octanol–water partition coefficient (Wildman–Crippen LogP) is 1.66. The van der Waals surface area contributed by atoms with Gasteiger partial charge in [0, 0.05) is 26.3 Å². The Labute approximate surface area is 168 Å². The van der Waals surface area contributed by atoms with Crippen molar-refractivity contribution < 1.29 is 9.59 Å². The van der Waals surface area contributed by atoms with Gasteiger partial charge in [0.1, 0.15) is 0 Å². The molecule has 2 heterocycles. The number of pyridine rings is 1. The molecule has 136 valence electrons. The quantitative estimate of drug-likeness (QED) is 0.304. The summed E-state index contributed by atoms with van der Waals surface area (Å²) in [5.74, 6) is 0.0833. The van der Waals surface area contributed by atoms with Gasteiger partial charge in [-0.1, -0.05) is 18.2 Å². The van der Waals surface area contributed by atoms with E-state index in [0.717, 1.165) is 5.69 Å². The van der Waals surface area contributed by atoms with E-state index in [9.17, 15) is 9.59 Å². The van der Waals surface area contributed by atoms with E-state index >= 15 is 0 Å². The van der Waals surface area contributed by atoms with Crippen molar-refractivity contribution in [2.24, 2.45) is 4.99 Å². The lowest BCUT2D eigenvalue weighted by atomic mass is 10.1. The van der Waals surface area contributed by atoms with E-state index in [-0.39, 0.29) is 42.3 Å². The molecule has 7 nitrogen and oxygen atoms in total. The molecular formula is C18H20IN5O2. The minimum absolute atomic E-state index is 0. The Morgan fingerprint density at radius 3 is 2.27 bits per heavy atom. The molecule has 2 aromatic rings. The topological polar surface area (TPSA) is 86.7 Å². The summed E-state index contributed by atoms with van der Waals surface area (Å²) in [7, 11) is 1.66. The Morgan fingerprint density at radius 2 is 1.69 bits per heavy atom. The number of aromatic nitrogens is 1. The first-order valence-electron chi connectivity index (χ1n) is 8.00. The number of amides is 2. The summed E-state index contributed by atoms with van der Waals surface area (Å²) in [5.41, 5.74) is 1.82. The lowest BCUT2D eigenvalue weighted by molar-refractivity contribution is 0.0657. The molecular weight excluding hydrogens is 445 g/mol. The third-order valence-electron chi connectivity index (χ3n) is 3.89. The molecule has 26 heavy (non-hydrogen) atoms. The van der Waals surface area contributed by atoms with Crippen molar-refractivity contribution in [3.63, 3.8) is 0 Å². The van der Waals surface area contributed by atoms with Crippen LogP contribution in [0.3, 0.4) is 0 Å². The number of carbonyl (C=O) groups is 2. The van der Waals surface area contributed by atoms with Gasteiger partial charge in [0.2, 0.25) is 0 Å². The van der Waals surface area contributed by atoms with Crippen molar-refractivity contribution >= 4 is 41.8 Å². The number of fused-ring (bicyclic) bond motifs is 1. The zero-order chi connectivity index (χ0) is 17.6. The fourth-order valence-corrected chi connectivity index (χ4v) is 2.63. The Balaban J connectivity index is 0.00000243. The molecule has 2 amide bonds. The van der Waals surface area contributed by atoms with Crippen LogP contribution in [0.2, 0.25) is 0 Å². The van der Waals surface area contributed by atoms with E-state index in [4.69, 9.17) is 0 Å². The largest absolute Gasteiger partial charge is 0.355 e. The summed E-state index contributed by atoms with van der Waals surface area (Å²) in [5, 5.41) is 6.24. The number of carbonyl (C=O) groups excluding carboxylic acids is 2. The van der Waals surface area contributed by atoms with Gasteiger partial charge in [-0.15, -0.1) is 24.0 Å². The van der Waals surface area contributed by atoms with Gasteiger partial charge in [-0.3, -0.25) is 24.5 Å². The number of halogens is 1. The molecule has 0 saturated heterocycles. The van der Waals surface area contributed by atoms with Gasteiger partial charge in [-0.25, -0.2) is 0 Å². The van der Waals surface area contributed by atoms with Crippen LogP contribution in [0.25, 0.3) is 0 Å². The number of hydrogen-bond acceptors (Lipinski definition) is 4. The Hall–Kier alpha value is -2.49. The molecule has 0 unspecified atom stereocenters. The van der Waals surface area contributed by atoms with Crippen LogP contribution in [0.1, 0.15) is 26.4 Å². The summed E-state index contributed by atoms with van der Waals surface area (Å²) in [6, 6.07) is 12.6. The van der Waals surface area contributed by atoms with Crippen molar-refractivity contribution in [2.45, 2.75) is 6.54 Å². The highest BCUT2D eigenvalue weighted by Gasteiger charge is 2.34. The van der Waals surface area contributed by atoms with E-state index < -0.39 is 0 Å². The average molecular weight is 465 g/mol. The molecule has 0 radical (unpaired) electrons. The third kappa shape index (κ3) is 4.37. The zero-order valence-corrected chi connectivity index (χ0v) is 16.6. The van der Waals surface area contributed by atoms with Crippen LogP contribution < -0.4 is 10.6 Å². The van der Waals surface area contributed by atoms with Gasteiger partial charge in [0.05, 0.1) is 23.4 Å².